The van der Waals surface area contributed by atoms with E-state index in [-0.39, 0.29) is 0 Å². The molecule has 0 atom stereocenters. The summed E-state index contributed by atoms with van der Waals surface area (Å²) in [6.45, 7) is 0. The summed E-state index contributed by atoms with van der Waals surface area (Å²) in [4.78, 5) is 0. The molecule has 0 aromatic heterocycles. The Bertz CT molecular complexity index is 1660. The molecule has 0 radical (unpaired) electrons. The van der Waals surface area contributed by atoms with Gasteiger partial charge in [-0.15, -0.1) is 0 Å². The van der Waals surface area contributed by atoms with Crippen LogP contribution in [0.3, 0.4) is 0 Å². The lowest BCUT2D eigenvalue weighted by Gasteiger charge is -2.26. The Kier molecular flexibility index (Phi) is 4.97. The molecule has 2 aliphatic rings. The molecule has 0 N–H and O–H groups in total. The van der Waals surface area contributed by atoms with Gasteiger partial charge >= 0.3 is 17.2 Å². The minimum absolute atomic E-state index is 0.588. The SMILES string of the molecule is c1cc(OP2Oc3cccc4cccc(c34)O2)c2c(OP3Oc4cccc5cccc(c45)O3)cccc2c1. The quantitative estimate of drug-likeness (QED) is 0.209. The highest BCUT2D eigenvalue weighted by Gasteiger charge is 2.31. The van der Waals surface area contributed by atoms with Crippen molar-refractivity contribution in [3.05, 3.63) is 109 Å². The zero-order valence-corrected chi connectivity index (χ0v) is 21.5. The molecule has 0 saturated heterocycles. The third-order valence-electron chi connectivity index (χ3n) is 6.52. The van der Waals surface area contributed by atoms with Gasteiger partial charge in [0.15, 0.2) is 0 Å². The Morgan fingerprint density at radius 1 is 0.368 bits per heavy atom. The number of hydrogen-bond donors (Lipinski definition) is 0. The molecule has 2 aliphatic heterocycles. The smallest absolute Gasteiger partial charge is 0.408 e. The molecular formula is C30H18O6P2. The number of hydrogen-bond acceptors (Lipinski definition) is 6. The summed E-state index contributed by atoms with van der Waals surface area (Å²) >= 11 is 0. The summed E-state index contributed by atoms with van der Waals surface area (Å²) in [6, 6.07) is 35.4. The van der Waals surface area contributed by atoms with E-state index in [0.717, 1.165) is 55.3 Å². The highest BCUT2D eigenvalue weighted by molar-refractivity contribution is 7.43. The normalized spacial score (nSPS) is 14.4. The van der Waals surface area contributed by atoms with Gasteiger partial charge in [-0.2, -0.15) is 0 Å². The average Bonchev–Trinajstić information content (AvgIpc) is 2.94. The van der Waals surface area contributed by atoms with E-state index in [1.54, 1.807) is 0 Å². The first-order chi connectivity index (χ1) is 18.8. The average molecular weight is 536 g/mol. The maximum atomic E-state index is 6.36. The molecule has 0 amide bonds. The minimum atomic E-state index is -1.74. The summed E-state index contributed by atoms with van der Waals surface area (Å²) in [5.41, 5.74) is 0. The number of benzene rings is 6. The van der Waals surface area contributed by atoms with Crippen molar-refractivity contribution in [1.82, 2.24) is 0 Å². The topological polar surface area (TPSA) is 55.4 Å². The van der Waals surface area contributed by atoms with Crippen LogP contribution in [-0.4, -0.2) is 0 Å². The molecule has 6 aromatic carbocycles. The van der Waals surface area contributed by atoms with Gasteiger partial charge in [0.1, 0.15) is 34.5 Å². The molecule has 8 rings (SSSR count). The van der Waals surface area contributed by atoms with E-state index in [1.165, 1.54) is 0 Å². The standard InChI is InChI=1S/C30H18O6P2/c1-7-19-8-2-14-23-28(19)22(13-1)31-37(32-23)35-26-17-5-11-21-12-6-18-27(30(21)26)36-38-33-24-15-3-9-20-10-4-16-25(34-38)29(20)24/h1-18H. The fourth-order valence-electron chi connectivity index (χ4n) is 4.87. The van der Waals surface area contributed by atoms with Crippen LogP contribution in [-0.2, 0) is 0 Å². The van der Waals surface area contributed by atoms with Gasteiger partial charge in [0.2, 0.25) is 0 Å². The van der Waals surface area contributed by atoms with Crippen LogP contribution in [0, 0.1) is 0 Å². The van der Waals surface area contributed by atoms with Gasteiger partial charge in [-0.05, 0) is 52.6 Å². The Hall–Kier alpha value is -4.24. The Labute approximate surface area is 220 Å². The Morgan fingerprint density at radius 3 is 1.05 bits per heavy atom. The van der Waals surface area contributed by atoms with Crippen LogP contribution < -0.4 is 27.1 Å². The fraction of sp³-hybridized carbons (Fsp3) is 0. The summed E-state index contributed by atoms with van der Waals surface area (Å²) in [6.07, 6.45) is 0. The lowest BCUT2D eigenvalue weighted by molar-refractivity contribution is 0.378. The van der Waals surface area contributed by atoms with Crippen LogP contribution in [0.5, 0.6) is 34.5 Å². The minimum Gasteiger partial charge on any atom is -0.408 e. The molecule has 0 bridgehead atoms. The van der Waals surface area contributed by atoms with Crippen molar-refractivity contribution < 1.29 is 27.1 Å². The maximum absolute atomic E-state index is 6.36. The van der Waals surface area contributed by atoms with Crippen molar-refractivity contribution in [2.75, 3.05) is 0 Å². The second-order valence-corrected chi connectivity index (χ2v) is 10.8. The predicted molar refractivity (Wildman–Crippen MR) is 149 cm³/mol. The first-order valence-corrected chi connectivity index (χ1v) is 14.2. The molecule has 0 aliphatic carbocycles. The van der Waals surface area contributed by atoms with E-state index >= 15 is 0 Å². The Morgan fingerprint density at radius 2 is 0.684 bits per heavy atom. The lowest BCUT2D eigenvalue weighted by Crippen LogP contribution is -2.08. The molecule has 2 heterocycles. The predicted octanol–water partition coefficient (Wildman–Crippen LogP) is 9.30. The number of fused-ring (bicyclic) bond motifs is 1. The van der Waals surface area contributed by atoms with Gasteiger partial charge in [0.25, 0.3) is 0 Å². The van der Waals surface area contributed by atoms with Crippen molar-refractivity contribution in [2.45, 2.75) is 0 Å². The van der Waals surface area contributed by atoms with Gasteiger partial charge in [0, 0.05) is 0 Å². The van der Waals surface area contributed by atoms with Crippen molar-refractivity contribution in [1.29, 1.82) is 0 Å². The molecule has 6 nitrogen and oxygen atoms in total. The monoisotopic (exact) mass is 536 g/mol. The summed E-state index contributed by atoms with van der Waals surface area (Å²) in [5.74, 6) is 4.15. The van der Waals surface area contributed by atoms with E-state index in [1.807, 2.05) is 109 Å². The molecule has 38 heavy (non-hydrogen) atoms. The van der Waals surface area contributed by atoms with Gasteiger partial charge in [0.05, 0.1) is 16.2 Å². The number of rotatable bonds is 4. The van der Waals surface area contributed by atoms with Crippen molar-refractivity contribution in [3.8, 4) is 34.5 Å². The van der Waals surface area contributed by atoms with E-state index in [4.69, 9.17) is 27.1 Å². The second-order valence-electron chi connectivity index (χ2n) is 8.83. The fourth-order valence-corrected chi connectivity index (χ4v) is 6.97. The first-order valence-electron chi connectivity index (χ1n) is 12.0. The van der Waals surface area contributed by atoms with Crippen molar-refractivity contribution in [2.24, 2.45) is 0 Å². The van der Waals surface area contributed by atoms with E-state index in [9.17, 15) is 0 Å². The molecule has 0 saturated carbocycles. The van der Waals surface area contributed by atoms with Crippen molar-refractivity contribution >= 4 is 49.5 Å². The molecule has 6 aromatic rings. The third-order valence-corrected chi connectivity index (χ3v) is 8.60. The molecule has 0 fully saturated rings. The van der Waals surface area contributed by atoms with Crippen LogP contribution >= 0.6 is 17.2 Å². The molecular weight excluding hydrogens is 518 g/mol. The van der Waals surface area contributed by atoms with E-state index in [0.29, 0.717) is 11.5 Å². The van der Waals surface area contributed by atoms with Gasteiger partial charge in [-0.3, -0.25) is 0 Å². The third kappa shape index (κ3) is 3.57. The Balaban J connectivity index is 1.12. The van der Waals surface area contributed by atoms with Gasteiger partial charge in [-0.1, -0.05) is 72.8 Å². The van der Waals surface area contributed by atoms with Crippen LogP contribution in [0.2, 0.25) is 0 Å². The zero-order valence-electron chi connectivity index (χ0n) is 19.7. The summed E-state index contributed by atoms with van der Waals surface area (Å²) in [7, 11) is -3.47. The molecule has 8 heteroatoms. The highest BCUT2D eigenvalue weighted by atomic mass is 31.2. The van der Waals surface area contributed by atoms with E-state index in [2.05, 4.69) is 0 Å². The maximum Gasteiger partial charge on any atom is 0.530 e. The molecule has 184 valence electrons. The second kappa shape index (κ2) is 8.66. The lowest BCUT2D eigenvalue weighted by atomic mass is 10.1. The van der Waals surface area contributed by atoms with Gasteiger partial charge in [-0.25, -0.2) is 0 Å². The van der Waals surface area contributed by atoms with Crippen LogP contribution in [0.1, 0.15) is 0 Å². The highest BCUT2D eigenvalue weighted by Crippen LogP contribution is 2.55. The largest absolute Gasteiger partial charge is 0.530 e. The summed E-state index contributed by atoms with van der Waals surface area (Å²) < 4.78 is 37.3. The molecule has 0 spiro atoms. The first kappa shape index (κ1) is 21.8. The van der Waals surface area contributed by atoms with Gasteiger partial charge < -0.3 is 27.1 Å². The molecule has 0 unspecified atom stereocenters. The van der Waals surface area contributed by atoms with E-state index < -0.39 is 17.2 Å². The van der Waals surface area contributed by atoms with Crippen molar-refractivity contribution in [3.63, 3.8) is 0 Å². The van der Waals surface area contributed by atoms with Crippen LogP contribution in [0.25, 0.3) is 32.3 Å². The zero-order chi connectivity index (χ0) is 25.1. The summed E-state index contributed by atoms with van der Waals surface area (Å²) in [5, 5.41) is 5.75. The van der Waals surface area contributed by atoms with Crippen LogP contribution in [0.15, 0.2) is 109 Å². The van der Waals surface area contributed by atoms with Crippen LogP contribution in [0.4, 0.5) is 0 Å².